The number of aldehydes is 1. The van der Waals surface area contributed by atoms with Crippen molar-refractivity contribution in [3.8, 4) is 10.6 Å². The molecule has 1 saturated heterocycles. The molecule has 0 saturated carbocycles. The SMILES string of the molecule is COCC1CN(Cc2cccc(-c3ccc(Cl)s3)n2)CC(C=O)N1Cc1cc2cnccc2[nH]1. The summed E-state index contributed by atoms with van der Waals surface area (Å²) in [6.45, 7) is 3.29. The smallest absolute Gasteiger partial charge is 0.138 e. The van der Waals surface area contributed by atoms with Crippen LogP contribution < -0.4 is 0 Å². The van der Waals surface area contributed by atoms with Gasteiger partial charge in [-0.1, -0.05) is 17.7 Å². The summed E-state index contributed by atoms with van der Waals surface area (Å²) < 4.78 is 6.30. The number of thiophene rings is 1. The van der Waals surface area contributed by atoms with Crippen LogP contribution in [0.4, 0.5) is 0 Å². The number of aromatic amines is 1. The van der Waals surface area contributed by atoms with Gasteiger partial charge in [0, 0.05) is 68.3 Å². The Kier molecular flexibility index (Phi) is 7.03. The zero-order valence-corrected chi connectivity index (χ0v) is 20.4. The van der Waals surface area contributed by atoms with Gasteiger partial charge in [0.25, 0.3) is 0 Å². The summed E-state index contributed by atoms with van der Waals surface area (Å²) in [5.41, 5.74) is 4.00. The molecule has 0 bridgehead atoms. The maximum Gasteiger partial charge on any atom is 0.138 e. The van der Waals surface area contributed by atoms with E-state index in [1.807, 2.05) is 42.6 Å². The number of ether oxygens (including phenoxy) is 1. The lowest BCUT2D eigenvalue weighted by atomic mass is 10.1. The average Bonchev–Trinajstić information content (AvgIpc) is 3.46. The third-order valence-electron chi connectivity index (χ3n) is 6.17. The second-order valence-electron chi connectivity index (χ2n) is 8.55. The number of nitrogens with one attached hydrogen (secondary N) is 1. The number of aromatic nitrogens is 3. The van der Waals surface area contributed by atoms with E-state index in [1.165, 1.54) is 11.3 Å². The molecular formula is C25H26ClN5O2S. The van der Waals surface area contributed by atoms with Crippen LogP contribution in [0.5, 0.6) is 0 Å². The molecule has 2 atom stereocenters. The van der Waals surface area contributed by atoms with Crippen molar-refractivity contribution in [2.75, 3.05) is 26.8 Å². The fraction of sp³-hybridized carbons (Fsp3) is 0.320. The molecule has 0 amide bonds. The van der Waals surface area contributed by atoms with Gasteiger partial charge in [-0.15, -0.1) is 11.3 Å². The van der Waals surface area contributed by atoms with E-state index in [9.17, 15) is 4.79 Å². The molecular weight excluding hydrogens is 470 g/mol. The average molecular weight is 496 g/mol. The third-order valence-corrected chi connectivity index (χ3v) is 7.43. The topological polar surface area (TPSA) is 74.3 Å². The zero-order valence-electron chi connectivity index (χ0n) is 18.9. The maximum atomic E-state index is 12.2. The predicted molar refractivity (Wildman–Crippen MR) is 135 cm³/mol. The van der Waals surface area contributed by atoms with Crippen LogP contribution in [0.3, 0.4) is 0 Å². The molecule has 34 heavy (non-hydrogen) atoms. The van der Waals surface area contributed by atoms with Crippen LogP contribution in [-0.4, -0.2) is 69.9 Å². The standard InChI is InChI=1S/C25H26ClN5O2S/c1-33-16-21-14-30(11-18-3-2-4-23(28-18)24-5-6-25(26)34-24)13-20(15-32)31(21)12-19-9-17-10-27-8-7-22(17)29-19/h2-10,15,20-21,29H,11-14,16H2,1H3. The molecule has 9 heteroatoms. The molecule has 0 radical (unpaired) electrons. The highest BCUT2D eigenvalue weighted by Crippen LogP contribution is 2.30. The number of nitrogens with zero attached hydrogens (tertiary/aromatic N) is 4. The molecule has 7 nitrogen and oxygen atoms in total. The van der Waals surface area contributed by atoms with E-state index in [-0.39, 0.29) is 12.1 Å². The van der Waals surface area contributed by atoms with Crippen LogP contribution >= 0.6 is 22.9 Å². The summed E-state index contributed by atoms with van der Waals surface area (Å²) >= 11 is 7.63. The lowest BCUT2D eigenvalue weighted by Gasteiger charge is -2.44. The Morgan fingerprint density at radius 1 is 1.24 bits per heavy atom. The van der Waals surface area contributed by atoms with E-state index < -0.39 is 0 Å². The van der Waals surface area contributed by atoms with Crippen molar-refractivity contribution in [2.45, 2.75) is 25.2 Å². The maximum absolute atomic E-state index is 12.2. The molecule has 0 aliphatic carbocycles. The molecule has 1 fully saturated rings. The van der Waals surface area contributed by atoms with Crippen LogP contribution in [0.25, 0.3) is 21.5 Å². The second-order valence-corrected chi connectivity index (χ2v) is 10.3. The first-order chi connectivity index (χ1) is 16.6. The Balaban J connectivity index is 1.33. The van der Waals surface area contributed by atoms with E-state index in [1.54, 1.807) is 13.3 Å². The third kappa shape index (κ3) is 5.06. The number of H-pyrrole nitrogens is 1. The van der Waals surface area contributed by atoms with Crippen LogP contribution in [-0.2, 0) is 22.6 Å². The molecule has 0 spiro atoms. The number of methoxy groups -OCH3 is 1. The van der Waals surface area contributed by atoms with E-state index in [0.29, 0.717) is 26.2 Å². The van der Waals surface area contributed by atoms with Crippen LogP contribution in [0.15, 0.2) is 54.9 Å². The summed E-state index contributed by atoms with van der Waals surface area (Å²) in [5, 5.41) is 1.07. The Labute approximate surface area is 207 Å². The first kappa shape index (κ1) is 23.1. The van der Waals surface area contributed by atoms with Crippen molar-refractivity contribution in [1.29, 1.82) is 0 Å². The number of carbonyl (C=O) groups excluding carboxylic acids is 1. The van der Waals surface area contributed by atoms with Gasteiger partial charge < -0.3 is 14.5 Å². The van der Waals surface area contributed by atoms with Crippen molar-refractivity contribution in [3.05, 3.63) is 70.6 Å². The molecule has 4 aromatic rings. The molecule has 0 aromatic carbocycles. The van der Waals surface area contributed by atoms with E-state index in [0.717, 1.165) is 50.0 Å². The molecule has 4 aromatic heterocycles. The van der Waals surface area contributed by atoms with Crippen molar-refractivity contribution >= 4 is 40.1 Å². The number of halogens is 1. The van der Waals surface area contributed by atoms with E-state index in [4.69, 9.17) is 21.3 Å². The highest BCUT2D eigenvalue weighted by molar-refractivity contribution is 7.19. The Hall–Kier alpha value is -2.62. The van der Waals surface area contributed by atoms with Gasteiger partial charge in [0.05, 0.1) is 33.3 Å². The minimum Gasteiger partial charge on any atom is -0.383 e. The fourth-order valence-electron chi connectivity index (χ4n) is 4.66. The van der Waals surface area contributed by atoms with Gasteiger partial charge in [0.2, 0.25) is 0 Å². The molecule has 1 aliphatic rings. The van der Waals surface area contributed by atoms with Crippen LogP contribution in [0.1, 0.15) is 11.4 Å². The summed E-state index contributed by atoms with van der Waals surface area (Å²) in [4.78, 5) is 30.2. The van der Waals surface area contributed by atoms with Crippen LogP contribution in [0, 0.1) is 0 Å². The van der Waals surface area contributed by atoms with Crippen molar-refractivity contribution in [3.63, 3.8) is 0 Å². The number of fused-ring (bicyclic) bond motifs is 1. The second kappa shape index (κ2) is 10.3. The zero-order chi connectivity index (χ0) is 23.5. The molecule has 1 aliphatic heterocycles. The van der Waals surface area contributed by atoms with Crippen molar-refractivity contribution in [1.82, 2.24) is 24.8 Å². The predicted octanol–water partition coefficient (Wildman–Crippen LogP) is 4.24. The van der Waals surface area contributed by atoms with Gasteiger partial charge in [-0.2, -0.15) is 0 Å². The van der Waals surface area contributed by atoms with Gasteiger partial charge in [-0.25, -0.2) is 0 Å². The monoisotopic (exact) mass is 495 g/mol. The minimum atomic E-state index is -0.238. The number of carbonyl (C=O) groups is 1. The minimum absolute atomic E-state index is 0.0813. The molecule has 1 N–H and O–H groups in total. The lowest BCUT2D eigenvalue weighted by Crippen LogP contribution is -2.60. The highest BCUT2D eigenvalue weighted by Gasteiger charge is 2.34. The normalized spacial score (nSPS) is 19.6. The van der Waals surface area contributed by atoms with Gasteiger partial charge in [-0.05, 0) is 36.4 Å². The highest BCUT2D eigenvalue weighted by atomic mass is 35.5. The number of hydrogen-bond donors (Lipinski definition) is 1. The lowest BCUT2D eigenvalue weighted by molar-refractivity contribution is -0.118. The Bertz CT molecular complexity index is 1240. The first-order valence-electron chi connectivity index (χ1n) is 11.2. The summed E-state index contributed by atoms with van der Waals surface area (Å²) in [6.07, 6.45) is 4.68. The first-order valence-corrected chi connectivity index (χ1v) is 12.4. The van der Waals surface area contributed by atoms with Gasteiger partial charge >= 0.3 is 0 Å². The Morgan fingerprint density at radius 3 is 2.91 bits per heavy atom. The summed E-state index contributed by atoms with van der Waals surface area (Å²) in [6, 6.07) is 13.9. The van der Waals surface area contributed by atoms with Crippen molar-refractivity contribution < 1.29 is 9.53 Å². The quantitative estimate of drug-likeness (QED) is 0.368. The van der Waals surface area contributed by atoms with E-state index in [2.05, 4.69) is 25.8 Å². The fourth-order valence-corrected chi connectivity index (χ4v) is 5.67. The summed E-state index contributed by atoms with van der Waals surface area (Å²) in [7, 11) is 1.71. The van der Waals surface area contributed by atoms with E-state index >= 15 is 0 Å². The molecule has 5 heterocycles. The Morgan fingerprint density at radius 2 is 2.15 bits per heavy atom. The van der Waals surface area contributed by atoms with Crippen molar-refractivity contribution in [2.24, 2.45) is 0 Å². The number of piperazine rings is 1. The molecule has 2 unspecified atom stereocenters. The van der Waals surface area contributed by atoms with Crippen LogP contribution in [0.2, 0.25) is 4.34 Å². The largest absolute Gasteiger partial charge is 0.383 e. The number of hydrogen-bond acceptors (Lipinski definition) is 7. The summed E-state index contributed by atoms with van der Waals surface area (Å²) in [5.74, 6) is 0. The number of rotatable bonds is 8. The van der Waals surface area contributed by atoms with Gasteiger partial charge in [0.15, 0.2) is 0 Å². The molecule has 5 rings (SSSR count). The van der Waals surface area contributed by atoms with Gasteiger partial charge in [0.1, 0.15) is 6.29 Å². The van der Waals surface area contributed by atoms with Gasteiger partial charge in [-0.3, -0.25) is 19.8 Å². The number of pyridine rings is 2. The molecule has 176 valence electrons.